The zero-order chi connectivity index (χ0) is 12.7. The highest BCUT2D eigenvalue weighted by atomic mass is 19.4. The van der Waals surface area contributed by atoms with Gasteiger partial charge >= 0.3 is 6.18 Å². The lowest BCUT2D eigenvalue weighted by Crippen LogP contribution is -2.23. The molecule has 1 nitrogen and oxygen atoms in total. The standard InChI is InChI=1S/C13H16F3N/c1-12(2)8-17-7-11(12)9-5-3-4-6-10(9)13(14,15)16/h3-6,11,17H,7-8H2,1-2H3. The van der Waals surface area contributed by atoms with Crippen LogP contribution in [0.4, 0.5) is 13.2 Å². The molecule has 1 aromatic rings. The van der Waals surface area contributed by atoms with E-state index in [1.165, 1.54) is 12.1 Å². The van der Waals surface area contributed by atoms with Crippen molar-refractivity contribution in [3.05, 3.63) is 35.4 Å². The summed E-state index contributed by atoms with van der Waals surface area (Å²) in [6.45, 7) is 5.37. The first-order chi connectivity index (χ1) is 7.82. The lowest BCUT2D eigenvalue weighted by Gasteiger charge is -2.28. The van der Waals surface area contributed by atoms with Crippen molar-refractivity contribution in [2.45, 2.75) is 25.9 Å². The Bertz CT molecular complexity index is 409. The Kier molecular flexibility index (Phi) is 2.94. The molecule has 0 saturated carbocycles. The van der Waals surface area contributed by atoms with E-state index in [4.69, 9.17) is 0 Å². The van der Waals surface area contributed by atoms with Crippen LogP contribution >= 0.6 is 0 Å². The van der Waals surface area contributed by atoms with E-state index in [1.54, 1.807) is 12.1 Å². The molecule has 1 fully saturated rings. The number of hydrogen-bond acceptors (Lipinski definition) is 1. The van der Waals surface area contributed by atoms with Gasteiger partial charge in [0.05, 0.1) is 5.56 Å². The largest absolute Gasteiger partial charge is 0.416 e. The number of halogens is 3. The molecule has 1 N–H and O–H groups in total. The average molecular weight is 243 g/mol. The second-order valence-electron chi connectivity index (χ2n) is 5.26. The van der Waals surface area contributed by atoms with Gasteiger partial charge in [0.25, 0.3) is 0 Å². The first-order valence-corrected chi connectivity index (χ1v) is 5.69. The van der Waals surface area contributed by atoms with E-state index in [1.807, 2.05) is 13.8 Å². The van der Waals surface area contributed by atoms with Crippen molar-refractivity contribution in [3.63, 3.8) is 0 Å². The molecule has 2 rings (SSSR count). The summed E-state index contributed by atoms with van der Waals surface area (Å²) in [5.74, 6) is -0.0830. The molecule has 1 unspecified atom stereocenters. The van der Waals surface area contributed by atoms with Crippen molar-refractivity contribution in [1.29, 1.82) is 0 Å². The maximum absolute atomic E-state index is 12.9. The average Bonchev–Trinajstić information content (AvgIpc) is 2.57. The topological polar surface area (TPSA) is 12.0 Å². The highest BCUT2D eigenvalue weighted by Gasteiger charge is 2.41. The molecule has 0 aliphatic carbocycles. The van der Waals surface area contributed by atoms with Gasteiger partial charge in [0, 0.05) is 19.0 Å². The lowest BCUT2D eigenvalue weighted by molar-refractivity contribution is -0.138. The summed E-state index contributed by atoms with van der Waals surface area (Å²) in [7, 11) is 0. The third kappa shape index (κ3) is 2.32. The van der Waals surface area contributed by atoms with E-state index in [0.29, 0.717) is 12.1 Å². The number of alkyl halides is 3. The summed E-state index contributed by atoms with van der Waals surface area (Å²) in [4.78, 5) is 0. The van der Waals surface area contributed by atoms with E-state index in [9.17, 15) is 13.2 Å². The number of benzene rings is 1. The van der Waals surface area contributed by atoms with Crippen LogP contribution < -0.4 is 5.32 Å². The fraction of sp³-hybridized carbons (Fsp3) is 0.538. The highest BCUT2D eigenvalue weighted by Crippen LogP contribution is 2.43. The molecule has 4 heteroatoms. The van der Waals surface area contributed by atoms with Crippen molar-refractivity contribution >= 4 is 0 Å². The van der Waals surface area contributed by atoms with Gasteiger partial charge in [-0.25, -0.2) is 0 Å². The van der Waals surface area contributed by atoms with Gasteiger partial charge < -0.3 is 5.32 Å². The molecule has 1 atom stereocenters. The van der Waals surface area contributed by atoms with Gasteiger partial charge in [-0.1, -0.05) is 32.0 Å². The second-order valence-corrected chi connectivity index (χ2v) is 5.26. The molecule has 0 bridgehead atoms. The van der Waals surface area contributed by atoms with Crippen LogP contribution in [-0.4, -0.2) is 13.1 Å². The van der Waals surface area contributed by atoms with Crippen LogP contribution in [0.2, 0.25) is 0 Å². The van der Waals surface area contributed by atoms with Gasteiger partial charge in [-0.3, -0.25) is 0 Å². The van der Waals surface area contributed by atoms with Crippen molar-refractivity contribution in [3.8, 4) is 0 Å². The maximum Gasteiger partial charge on any atom is 0.416 e. The molecule has 1 heterocycles. The van der Waals surface area contributed by atoms with E-state index in [2.05, 4.69) is 5.32 Å². The number of nitrogens with one attached hydrogen (secondary N) is 1. The SMILES string of the molecule is CC1(C)CNCC1c1ccccc1C(F)(F)F. The Labute approximate surface area is 99.0 Å². The van der Waals surface area contributed by atoms with Gasteiger partial charge in [-0.2, -0.15) is 13.2 Å². The van der Waals surface area contributed by atoms with Gasteiger partial charge in [0.2, 0.25) is 0 Å². The predicted octanol–water partition coefficient (Wildman–Crippen LogP) is 3.42. The molecule has 0 aromatic heterocycles. The van der Waals surface area contributed by atoms with Crippen LogP contribution in [0.1, 0.15) is 30.9 Å². The predicted molar refractivity (Wildman–Crippen MR) is 60.8 cm³/mol. The van der Waals surface area contributed by atoms with Gasteiger partial charge in [0.1, 0.15) is 0 Å². The zero-order valence-electron chi connectivity index (χ0n) is 9.93. The smallest absolute Gasteiger partial charge is 0.316 e. The first-order valence-electron chi connectivity index (χ1n) is 5.69. The second kappa shape index (κ2) is 4.02. The van der Waals surface area contributed by atoms with Crippen LogP contribution in [0, 0.1) is 5.41 Å². The van der Waals surface area contributed by atoms with Gasteiger partial charge in [-0.05, 0) is 17.0 Å². The number of hydrogen-bond donors (Lipinski definition) is 1. The van der Waals surface area contributed by atoms with Crippen molar-refractivity contribution in [1.82, 2.24) is 5.32 Å². The van der Waals surface area contributed by atoms with Crippen LogP contribution in [0.15, 0.2) is 24.3 Å². The Hall–Kier alpha value is -1.03. The highest BCUT2D eigenvalue weighted by molar-refractivity contribution is 5.35. The zero-order valence-corrected chi connectivity index (χ0v) is 9.93. The fourth-order valence-corrected chi connectivity index (χ4v) is 2.53. The van der Waals surface area contributed by atoms with Gasteiger partial charge in [-0.15, -0.1) is 0 Å². The van der Waals surface area contributed by atoms with Crippen LogP contribution in [0.5, 0.6) is 0 Å². The summed E-state index contributed by atoms with van der Waals surface area (Å²) >= 11 is 0. The molecule has 0 radical (unpaired) electrons. The molecular weight excluding hydrogens is 227 g/mol. The molecule has 94 valence electrons. The molecule has 1 aliphatic rings. The van der Waals surface area contributed by atoms with Crippen LogP contribution in [-0.2, 0) is 6.18 Å². The molecule has 0 spiro atoms. The molecular formula is C13H16F3N. The number of rotatable bonds is 1. The minimum Gasteiger partial charge on any atom is -0.316 e. The van der Waals surface area contributed by atoms with Crippen molar-refractivity contribution in [2.75, 3.05) is 13.1 Å². The summed E-state index contributed by atoms with van der Waals surface area (Å²) in [5.41, 5.74) is -0.224. The fourth-order valence-electron chi connectivity index (χ4n) is 2.53. The van der Waals surface area contributed by atoms with Crippen molar-refractivity contribution in [2.24, 2.45) is 5.41 Å². The molecule has 17 heavy (non-hydrogen) atoms. The Morgan fingerprint density at radius 1 is 1.24 bits per heavy atom. The maximum atomic E-state index is 12.9. The molecule has 1 aromatic carbocycles. The van der Waals surface area contributed by atoms with Gasteiger partial charge in [0.15, 0.2) is 0 Å². The summed E-state index contributed by atoms with van der Waals surface area (Å²) in [6, 6.07) is 5.90. The van der Waals surface area contributed by atoms with Crippen LogP contribution in [0.3, 0.4) is 0 Å². The Balaban J connectivity index is 2.46. The Morgan fingerprint density at radius 3 is 2.41 bits per heavy atom. The molecule has 1 saturated heterocycles. The quantitative estimate of drug-likeness (QED) is 0.797. The van der Waals surface area contributed by atoms with E-state index < -0.39 is 11.7 Å². The van der Waals surface area contributed by atoms with E-state index in [-0.39, 0.29) is 11.3 Å². The third-order valence-corrected chi connectivity index (χ3v) is 3.51. The first kappa shape index (κ1) is 12.4. The third-order valence-electron chi connectivity index (χ3n) is 3.51. The summed E-state index contributed by atoms with van der Waals surface area (Å²) in [6.07, 6.45) is -4.27. The van der Waals surface area contributed by atoms with E-state index in [0.717, 1.165) is 6.54 Å². The van der Waals surface area contributed by atoms with Crippen molar-refractivity contribution < 1.29 is 13.2 Å². The lowest BCUT2D eigenvalue weighted by atomic mass is 9.76. The monoisotopic (exact) mass is 243 g/mol. The molecule has 1 aliphatic heterocycles. The molecule has 0 amide bonds. The minimum absolute atomic E-state index is 0.0830. The normalized spacial score (nSPS) is 23.9. The van der Waals surface area contributed by atoms with Crippen LogP contribution in [0.25, 0.3) is 0 Å². The van der Waals surface area contributed by atoms with E-state index >= 15 is 0 Å². The Morgan fingerprint density at radius 2 is 1.88 bits per heavy atom. The summed E-state index contributed by atoms with van der Waals surface area (Å²) < 4.78 is 38.8. The minimum atomic E-state index is -4.27. The summed E-state index contributed by atoms with van der Waals surface area (Å²) in [5, 5.41) is 3.17.